The van der Waals surface area contributed by atoms with Crippen LogP contribution < -0.4 is 4.74 Å². The van der Waals surface area contributed by atoms with E-state index in [2.05, 4.69) is 0 Å². The summed E-state index contributed by atoms with van der Waals surface area (Å²) in [6, 6.07) is 3.23. The standard InChI is InChI=1S/C12H15FO4/c1-12(2,3)17-11(15)7-16-10-5-8(13)4-9(14)6-10/h4-6,14H,7H2,1-3H3. The quantitative estimate of drug-likeness (QED) is 0.826. The molecule has 5 heteroatoms. The second kappa shape index (κ2) is 5.03. The van der Waals surface area contributed by atoms with Crippen molar-refractivity contribution in [1.82, 2.24) is 0 Å². The van der Waals surface area contributed by atoms with E-state index in [1.165, 1.54) is 6.07 Å². The van der Waals surface area contributed by atoms with Gasteiger partial charge in [-0.2, -0.15) is 0 Å². The molecule has 0 spiro atoms. The first-order valence-electron chi connectivity index (χ1n) is 5.10. The number of carbonyl (C=O) groups is 1. The maximum atomic E-state index is 12.9. The van der Waals surface area contributed by atoms with E-state index in [1.54, 1.807) is 20.8 Å². The van der Waals surface area contributed by atoms with Crippen LogP contribution in [0, 0.1) is 5.82 Å². The molecule has 0 bridgehead atoms. The highest BCUT2D eigenvalue weighted by molar-refractivity contribution is 5.71. The molecule has 17 heavy (non-hydrogen) atoms. The number of rotatable bonds is 3. The van der Waals surface area contributed by atoms with Crippen LogP contribution in [-0.4, -0.2) is 23.3 Å². The molecule has 4 nitrogen and oxygen atoms in total. The molecular weight excluding hydrogens is 227 g/mol. The van der Waals surface area contributed by atoms with Crippen molar-refractivity contribution in [3.63, 3.8) is 0 Å². The smallest absolute Gasteiger partial charge is 0.344 e. The minimum Gasteiger partial charge on any atom is -0.508 e. The van der Waals surface area contributed by atoms with Crippen molar-refractivity contribution in [3.05, 3.63) is 24.0 Å². The van der Waals surface area contributed by atoms with Gasteiger partial charge in [0.1, 0.15) is 22.9 Å². The van der Waals surface area contributed by atoms with Crippen LogP contribution in [0.15, 0.2) is 18.2 Å². The van der Waals surface area contributed by atoms with Crippen molar-refractivity contribution in [3.8, 4) is 11.5 Å². The van der Waals surface area contributed by atoms with E-state index < -0.39 is 17.4 Å². The number of carbonyl (C=O) groups excluding carboxylic acids is 1. The van der Waals surface area contributed by atoms with E-state index in [9.17, 15) is 9.18 Å². The fourth-order valence-electron chi connectivity index (χ4n) is 1.14. The Labute approximate surface area is 99.0 Å². The van der Waals surface area contributed by atoms with Gasteiger partial charge in [-0.15, -0.1) is 0 Å². The molecular formula is C12H15FO4. The van der Waals surface area contributed by atoms with Crippen molar-refractivity contribution in [1.29, 1.82) is 0 Å². The molecule has 0 aliphatic carbocycles. The van der Waals surface area contributed by atoms with Gasteiger partial charge in [0.25, 0.3) is 0 Å². The summed E-state index contributed by atoms with van der Waals surface area (Å²) in [7, 11) is 0. The van der Waals surface area contributed by atoms with Gasteiger partial charge in [0.2, 0.25) is 0 Å². The minimum absolute atomic E-state index is 0.0772. The van der Waals surface area contributed by atoms with Gasteiger partial charge in [-0.25, -0.2) is 9.18 Å². The summed E-state index contributed by atoms with van der Waals surface area (Å²) in [4.78, 5) is 11.3. The van der Waals surface area contributed by atoms with Crippen molar-refractivity contribution in [2.24, 2.45) is 0 Å². The van der Waals surface area contributed by atoms with Crippen LogP contribution in [0.4, 0.5) is 4.39 Å². The molecule has 0 radical (unpaired) electrons. The first-order valence-corrected chi connectivity index (χ1v) is 5.10. The molecule has 0 heterocycles. The summed E-state index contributed by atoms with van der Waals surface area (Å²) < 4.78 is 22.9. The number of esters is 1. The van der Waals surface area contributed by atoms with Crippen LogP contribution in [0.2, 0.25) is 0 Å². The normalized spacial score (nSPS) is 11.1. The zero-order valence-electron chi connectivity index (χ0n) is 9.99. The molecule has 1 rings (SSSR count). The predicted octanol–water partition coefficient (Wildman–Crippen LogP) is 2.25. The van der Waals surface area contributed by atoms with Gasteiger partial charge in [0.15, 0.2) is 6.61 Å². The topological polar surface area (TPSA) is 55.8 Å². The Kier molecular flexibility index (Phi) is 3.93. The van der Waals surface area contributed by atoms with E-state index in [0.29, 0.717) is 0 Å². The summed E-state index contributed by atoms with van der Waals surface area (Å²) in [6.07, 6.45) is 0. The fourth-order valence-corrected chi connectivity index (χ4v) is 1.14. The SMILES string of the molecule is CC(C)(C)OC(=O)COc1cc(O)cc(F)c1. The Morgan fingerprint density at radius 3 is 2.53 bits per heavy atom. The summed E-state index contributed by atoms with van der Waals surface area (Å²) in [6.45, 7) is 4.87. The monoisotopic (exact) mass is 242 g/mol. The summed E-state index contributed by atoms with van der Waals surface area (Å²) in [5, 5.41) is 9.11. The van der Waals surface area contributed by atoms with E-state index in [1.807, 2.05) is 0 Å². The number of benzene rings is 1. The van der Waals surface area contributed by atoms with Crippen molar-refractivity contribution in [2.75, 3.05) is 6.61 Å². The number of hydrogen-bond acceptors (Lipinski definition) is 4. The number of aromatic hydroxyl groups is 1. The number of phenols is 1. The molecule has 0 fully saturated rings. The Balaban J connectivity index is 2.53. The lowest BCUT2D eigenvalue weighted by Crippen LogP contribution is -2.27. The fraction of sp³-hybridized carbons (Fsp3) is 0.417. The highest BCUT2D eigenvalue weighted by atomic mass is 19.1. The largest absolute Gasteiger partial charge is 0.508 e. The van der Waals surface area contributed by atoms with E-state index in [4.69, 9.17) is 14.6 Å². The van der Waals surface area contributed by atoms with Crippen LogP contribution >= 0.6 is 0 Å². The van der Waals surface area contributed by atoms with Gasteiger partial charge in [0, 0.05) is 18.2 Å². The van der Waals surface area contributed by atoms with Crippen molar-refractivity contribution >= 4 is 5.97 Å². The number of halogens is 1. The third-order valence-corrected chi connectivity index (χ3v) is 1.63. The van der Waals surface area contributed by atoms with Crippen LogP contribution in [0.5, 0.6) is 11.5 Å². The lowest BCUT2D eigenvalue weighted by molar-refractivity contribution is -0.157. The highest BCUT2D eigenvalue weighted by Crippen LogP contribution is 2.20. The van der Waals surface area contributed by atoms with Crippen LogP contribution in [0.25, 0.3) is 0 Å². The van der Waals surface area contributed by atoms with Crippen LogP contribution in [-0.2, 0) is 9.53 Å². The van der Waals surface area contributed by atoms with Gasteiger partial charge in [-0.3, -0.25) is 0 Å². The Hall–Kier alpha value is -1.78. The average Bonchev–Trinajstić information content (AvgIpc) is 2.10. The second-order valence-electron chi connectivity index (χ2n) is 4.52. The average molecular weight is 242 g/mol. The van der Waals surface area contributed by atoms with Gasteiger partial charge in [-0.1, -0.05) is 0 Å². The molecule has 0 saturated carbocycles. The van der Waals surface area contributed by atoms with E-state index in [-0.39, 0.29) is 18.1 Å². The third-order valence-electron chi connectivity index (χ3n) is 1.63. The Morgan fingerprint density at radius 2 is 2.00 bits per heavy atom. The van der Waals surface area contributed by atoms with Gasteiger partial charge >= 0.3 is 5.97 Å². The van der Waals surface area contributed by atoms with Crippen molar-refractivity contribution < 1.29 is 23.8 Å². The Morgan fingerprint density at radius 1 is 1.35 bits per heavy atom. The molecule has 0 aliphatic rings. The molecule has 0 saturated heterocycles. The minimum atomic E-state index is -0.635. The zero-order chi connectivity index (χ0) is 13.1. The molecule has 0 aliphatic heterocycles. The maximum absolute atomic E-state index is 12.9. The van der Waals surface area contributed by atoms with Crippen LogP contribution in [0.1, 0.15) is 20.8 Å². The zero-order valence-corrected chi connectivity index (χ0v) is 9.99. The third kappa shape index (κ3) is 5.19. The Bertz CT molecular complexity index is 389. The molecule has 0 amide bonds. The lowest BCUT2D eigenvalue weighted by Gasteiger charge is -2.19. The summed E-state index contributed by atoms with van der Waals surface area (Å²) in [5.41, 5.74) is -0.593. The number of ether oxygens (including phenoxy) is 2. The molecule has 0 aromatic heterocycles. The van der Waals surface area contributed by atoms with Crippen LogP contribution in [0.3, 0.4) is 0 Å². The first kappa shape index (κ1) is 13.3. The highest BCUT2D eigenvalue weighted by Gasteiger charge is 2.16. The van der Waals surface area contributed by atoms with Crippen molar-refractivity contribution in [2.45, 2.75) is 26.4 Å². The molecule has 0 atom stereocenters. The van der Waals surface area contributed by atoms with E-state index in [0.717, 1.165) is 12.1 Å². The van der Waals surface area contributed by atoms with E-state index >= 15 is 0 Å². The second-order valence-corrected chi connectivity index (χ2v) is 4.52. The maximum Gasteiger partial charge on any atom is 0.344 e. The number of phenolic OH excluding ortho intramolecular Hbond substituents is 1. The summed E-state index contributed by atoms with van der Waals surface area (Å²) >= 11 is 0. The van der Waals surface area contributed by atoms with Gasteiger partial charge < -0.3 is 14.6 Å². The molecule has 1 N–H and O–H groups in total. The summed E-state index contributed by atoms with van der Waals surface area (Å²) in [5.74, 6) is -1.37. The molecule has 0 unspecified atom stereocenters. The molecule has 94 valence electrons. The molecule has 1 aromatic rings. The predicted molar refractivity (Wildman–Crippen MR) is 59.4 cm³/mol. The van der Waals surface area contributed by atoms with Gasteiger partial charge in [-0.05, 0) is 20.8 Å². The first-order chi connectivity index (χ1) is 7.76. The molecule has 1 aromatic carbocycles. The number of hydrogen-bond donors (Lipinski definition) is 1. The lowest BCUT2D eigenvalue weighted by atomic mass is 10.2. The van der Waals surface area contributed by atoms with Gasteiger partial charge in [0.05, 0.1) is 0 Å².